The number of aliphatic imine (C=N–C) groups is 1. The Bertz CT molecular complexity index is 619. The SMILES string of the molecule is CCN1CCCC(CNC(=NC)NCC2CCN(S(=O)(=O)C(F)(F)F)CC2)C1. The Morgan fingerprint density at radius 3 is 2.21 bits per heavy atom. The molecular formula is C17H32F3N5O2S. The molecule has 11 heteroatoms. The summed E-state index contributed by atoms with van der Waals surface area (Å²) >= 11 is 0. The molecule has 0 amide bonds. The van der Waals surface area contributed by atoms with E-state index >= 15 is 0 Å². The van der Waals surface area contributed by atoms with Crippen LogP contribution in [0.1, 0.15) is 32.6 Å². The van der Waals surface area contributed by atoms with Crippen molar-refractivity contribution in [1.29, 1.82) is 0 Å². The molecule has 2 rings (SSSR count). The first-order chi connectivity index (χ1) is 13.2. The summed E-state index contributed by atoms with van der Waals surface area (Å²) < 4.78 is 61.4. The highest BCUT2D eigenvalue weighted by Crippen LogP contribution is 2.30. The molecular weight excluding hydrogens is 395 g/mol. The Kier molecular flexibility index (Phi) is 8.38. The van der Waals surface area contributed by atoms with E-state index in [1.807, 2.05) is 0 Å². The van der Waals surface area contributed by atoms with Crippen molar-refractivity contribution in [3.8, 4) is 0 Å². The van der Waals surface area contributed by atoms with Crippen LogP contribution in [0.5, 0.6) is 0 Å². The van der Waals surface area contributed by atoms with Gasteiger partial charge in [0.1, 0.15) is 0 Å². The number of alkyl halides is 3. The average molecular weight is 428 g/mol. The van der Waals surface area contributed by atoms with Gasteiger partial charge < -0.3 is 15.5 Å². The summed E-state index contributed by atoms with van der Waals surface area (Å²) in [4.78, 5) is 6.65. The number of nitrogens with one attached hydrogen (secondary N) is 2. The zero-order valence-corrected chi connectivity index (χ0v) is 17.4. The Labute approximate surface area is 165 Å². The van der Waals surface area contributed by atoms with Crippen molar-refractivity contribution in [1.82, 2.24) is 19.8 Å². The molecule has 2 saturated heterocycles. The molecule has 0 saturated carbocycles. The van der Waals surface area contributed by atoms with E-state index in [1.165, 1.54) is 12.8 Å². The third kappa shape index (κ3) is 6.21. The van der Waals surface area contributed by atoms with E-state index in [1.54, 1.807) is 7.05 Å². The van der Waals surface area contributed by atoms with Crippen LogP contribution in [0.15, 0.2) is 4.99 Å². The van der Waals surface area contributed by atoms with Crippen LogP contribution in [0.25, 0.3) is 0 Å². The number of hydrogen-bond acceptors (Lipinski definition) is 4. The van der Waals surface area contributed by atoms with Crippen LogP contribution in [0.4, 0.5) is 13.2 Å². The fraction of sp³-hybridized carbons (Fsp3) is 0.941. The van der Waals surface area contributed by atoms with Crippen molar-refractivity contribution < 1.29 is 21.6 Å². The van der Waals surface area contributed by atoms with Crippen LogP contribution in [0, 0.1) is 11.8 Å². The van der Waals surface area contributed by atoms with E-state index in [4.69, 9.17) is 0 Å². The van der Waals surface area contributed by atoms with E-state index in [9.17, 15) is 21.6 Å². The molecule has 2 fully saturated rings. The van der Waals surface area contributed by atoms with Gasteiger partial charge in [-0.1, -0.05) is 6.92 Å². The molecule has 2 N–H and O–H groups in total. The van der Waals surface area contributed by atoms with Crippen LogP contribution >= 0.6 is 0 Å². The molecule has 7 nitrogen and oxygen atoms in total. The number of hydrogen-bond donors (Lipinski definition) is 2. The first-order valence-electron chi connectivity index (χ1n) is 9.90. The van der Waals surface area contributed by atoms with Crippen molar-refractivity contribution in [3.05, 3.63) is 0 Å². The lowest BCUT2D eigenvalue weighted by molar-refractivity contribution is -0.0496. The maximum atomic E-state index is 12.6. The van der Waals surface area contributed by atoms with Gasteiger partial charge in [0.2, 0.25) is 0 Å². The topological polar surface area (TPSA) is 77.0 Å². The summed E-state index contributed by atoms with van der Waals surface area (Å²) in [5, 5.41) is 6.56. The minimum Gasteiger partial charge on any atom is -0.356 e. The second kappa shape index (κ2) is 10.1. The standard InChI is InChI=1S/C17H32F3N5O2S/c1-3-24-8-4-5-15(13-24)12-23-16(21-2)22-11-14-6-9-25(10-7-14)28(26,27)17(18,19)20/h14-15H,3-13H2,1-2H3,(H2,21,22,23). The van der Waals surface area contributed by atoms with Crippen molar-refractivity contribution >= 4 is 16.0 Å². The van der Waals surface area contributed by atoms with Crippen molar-refractivity contribution in [2.75, 3.05) is 52.9 Å². The van der Waals surface area contributed by atoms with Gasteiger partial charge in [0.05, 0.1) is 0 Å². The Balaban J connectivity index is 1.72. The molecule has 2 heterocycles. The minimum absolute atomic E-state index is 0.102. The molecule has 0 aromatic carbocycles. The quantitative estimate of drug-likeness (QED) is 0.496. The maximum absolute atomic E-state index is 12.6. The van der Waals surface area contributed by atoms with E-state index in [-0.39, 0.29) is 19.0 Å². The zero-order valence-electron chi connectivity index (χ0n) is 16.6. The number of guanidine groups is 1. The third-order valence-corrected chi connectivity index (χ3v) is 7.23. The fourth-order valence-corrected chi connectivity index (χ4v) is 4.79. The summed E-state index contributed by atoms with van der Waals surface area (Å²) in [5.41, 5.74) is -5.23. The first kappa shape index (κ1) is 23.2. The van der Waals surface area contributed by atoms with E-state index in [0.717, 1.165) is 26.2 Å². The molecule has 2 aliphatic rings. The van der Waals surface area contributed by atoms with Gasteiger partial charge in [0, 0.05) is 39.8 Å². The van der Waals surface area contributed by atoms with Gasteiger partial charge in [-0.3, -0.25) is 4.99 Å². The number of likely N-dealkylation sites (tertiary alicyclic amines) is 1. The normalized spacial score (nSPS) is 24.3. The lowest BCUT2D eigenvalue weighted by Gasteiger charge is -2.33. The largest absolute Gasteiger partial charge is 0.511 e. The van der Waals surface area contributed by atoms with Crippen LogP contribution in [0.2, 0.25) is 0 Å². The Morgan fingerprint density at radius 2 is 1.68 bits per heavy atom. The predicted octanol–water partition coefficient (Wildman–Crippen LogP) is 1.44. The predicted molar refractivity (Wildman–Crippen MR) is 103 cm³/mol. The average Bonchev–Trinajstić information content (AvgIpc) is 2.67. The molecule has 0 aromatic rings. The monoisotopic (exact) mass is 427 g/mol. The highest BCUT2D eigenvalue weighted by atomic mass is 32.2. The van der Waals surface area contributed by atoms with Gasteiger partial charge in [-0.2, -0.15) is 17.5 Å². The minimum atomic E-state index is -5.23. The van der Waals surface area contributed by atoms with Crippen LogP contribution < -0.4 is 10.6 Å². The summed E-state index contributed by atoms with van der Waals surface area (Å²) in [6.45, 7) is 6.65. The fourth-order valence-electron chi connectivity index (χ4n) is 3.81. The molecule has 0 spiro atoms. The van der Waals surface area contributed by atoms with Crippen molar-refractivity contribution in [2.24, 2.45) is 16.8 Å². The lowest BCUT2D eigenvalue weighted by atomic mass is 9.98. The van der Waals surface area contributed by atoms with Gasteiger partial charge in [-0.25, -0.2) is 8.42 Å². The molecule has 2 aliphatic heterocycles. The number of halogens is 3. The molecule has 0 bridgehead atoms. The second-order valence-corrected chi connectivity index (χ2v) is 9.46. The van der Waals surface area contributed by atoms with Gasteiger partial charge in [-0.15, -0.1) is 0 Å². The van der Waals surface area contributed by atoms with Crippen LogP contribution in [-0.2, 0) is 10.0 Å². The van der Waals surface area contributed by atoms with Gasteiger partial charge in [0.25, 0.3) is 0 Å². The number of nitrogens with zero attached hydrogens (tertiary/aromatic N) is 3. The Hall–Kier alpha value is -1.07. The summed E-state index contributed by atoms with van der Waals surface area (Å²) in [6, 6.07) is 0. The molecule has 1 unspecified atom stereocenters. The highest BCUT2D eigenvalue weighted by molar-refractivity contribution is 7.90. The zero-order chi connectivity index (χ0) is 20.8. The maximum Gasteiger partial charge on any atom is 0.511 e. The number of piperidine rings is 2. The summed E-state index contributed by atoms with van der Waals surface area (Å²) in [6.07, 6.45) is 3.18. The van der Waals surface area contributed by atoms with E-state index in [0.29, 0.717) is 35.6 Å². The lowest BCUT2D eigenvalue weighted by Crippen LogP contribution is -2.48. The van der Waals surface area contributed by atoms with Gasteiger partial charge >= 0.3 is 15.5 Å². The number of sulfonamides is 1. The van der Waals surface area contributed by atoms with Crippen LogP contribution in [-0.4, -0.2) is 82.0 Å². The smallest absolute Gasteiger partial charge is 0.356 e. The molecule has 28 heavy (non-hydrogen) atoms. The van der Waals surface area contributed by atoms with Gasteiger partial charge in [-0.05, 0) is 50.6 Å². The second-order valence-electron chi connectivity index (χ2n) is 7.53. The molecule has 164 valence electrons. The third-order valence-electron chi connectivity index (χ3n) is 5.60. The molecule has 0 aromatic heterocycles. The first-order valence-corrected chi connectivity index (χ1v) is 11.3. The van der Waals surface area contributed by atoms with Crippen LogP contribution in [0.3, 0.4) is 0 Å². The van der Waals surface area contributed by atoms with Gasteiger partial charge in [0.15, 0.2) is 5.96 Å². The molecule has 1 atom stereocenters. The molecule has 0 aliphatic carbocycles. The Morgan fingerprint density at radius 1 is 1.07 bits per heavy atom. The van der Waals surface area contributed by atoms with E-state index in [2.05, 4.69) is 27.4 Å². The van der Waals surface area contributed by atoms with Crippen molar-refractivity contribution in [2.45, 2.75) is 38.1 Å². The highest BCUT2D eigenvalue weighted by Gasteiger charge is 2.50. The molecule has 0 radical (unpaired) electrons. The number of rotatable bonds is 6. The van der Waals surface area contributed by atoms with Crippen molar-refractivity contribution in [3.63, 3.8) is 0 Å². The summed E-state index contributed by atoms with van der Waals surface area (Å²) in [7, 11) is -3.53. The van der Waals surface area contributed by atoms with E-state index < -0.39 is 15.5 Å². The summed E-state index contributed by atoms with van der Waals surface area (Å²) in [5.74, 6) is 1.37.